The van der Waals surface area contributed by atoms with Crippen LogP contribution in [0.3, 0.4) is 0 Å². The predicted octanol–water partition coefficient (Wildman–Crippen LogP) is 4.73. The molecular formula is C18H13ClO. The van der Waals surface area contributed by atoms with E-state index in [9.17, 15) is 5.11 Å². The second-order valence-corrected chi connectivity index (χ2v) is 5.91. The highest BCUT2D eigenvalue weighted by atomic mass is 35.5. The summed E-state index contributed by atoms with van der Waals surface area (Å²) < 4.78 is 0. The van der Waals surface area contributed by atoms with E-state index in [-0.39, 0.29) is 0 Å². The molecule has 0 radical (unpaired) electrons. The van der Waals surface area contributed by atoms with Gasteiger partial charge in [-0.25, -0.2) is 0 Å². The van der Waals surface area contributed by atoms with Gasteiger partial charge in [-0.3, -0.25) is 0 Å². The molecule has 1 atom stereocenters. The molecular weight excluding hydrogens is 268 g/mol. The SMILES string of the molecule is CC1(O)c2ccc(Cl)cc2-c2ccc3ccccc3c21. The average Bonchev–Trinajstić information content (AvgIpc) is 2.67. The Morgan fingerprint density at radius 2 is 1.75 bits per heavy atom. The van der Waals surface area contributed by atoms with E-state index in [0.717, 1.165) is 33.0 Å². The van der Waals surface area contributed by atoms with Crippen LogP contribution in [-0.4, -0.2) is 5.11 Å². The smallest absolute Gasteiger partial charge is 0.114 e. The van der Waals surface area contributed by atoms with Crippen LogP contribution < -0.4 is 0 Å². The molecule has 0 fully saturated rings. The standard InChI is InChI=1S/C18H13ClO/c1-18(20)16-9-7-12(19)10-15(16)14-8-6-11-4-2-3-5-13(11)17(14)18/h2-10,20H,1H3. The van der Waals surface area contributed by atoms with Crippen molar-refractivity contribution in [1.82, 2.24) is 0 Å². The number of hydrogen-bond donors (Lipinski definition) is 1. The predicted molar refractivity (Wildman–Crippen MR) is 83.1 cm³/mol. The molecule has 20 heavy (non-hydrogen) atoms. The molecule has 0 saturated carbocycles. The van der Waals surface area contributed by atoms with Crippen LogP contribution in [0.1, 0.15) is 18.1 Å². The zero-order valence-electron chi connectivity index (χ0n) is 11.0. The lowest BCUT2D eigenvalue weighted by molar-refractivity contribution is 0.109. The first kappa shape index (κ1) is 12.0. The van der Waals surface area contributed by atoms with Gasteiger partial charge in [-0.05, 0) is 46.5 Å². The first-order valence-corrected chi connectivity index (χ1v) is 7.02. The van der Waals surface area contributed by atoms with Crippen LogP contribution in [0.25, 0.3) is 21.9 Å². The lowest BCUT2D eigenvalue weighted by Gasteiger charge is -2.21. The van der Waals surface area contributed by atoms with Crippen molar-refractivity contribution in [3.05, 3.63) is 70.7 Å². The molecule has 0 bridgehead atoms. The van der Waals surface area contributed by atoms with E-state index in [4.69, 9.17) is 11.6 Å². The number of fused-ring (bicyclic) bond motifs is 5. The van der Waals surface area contributed by atoms with Crippen molar-refractivity contribution >= 4 is 22.4 Å². The zero-order chi connectivity index (χ0) is 13.9. The van der Waals surface area contributed by atoms with Gasteiger partial charge in [0.15, 0.2) is 0 Å². The lowest BCUT2D eigenvalue weighted by atomic mass is 9.90. The number of halogens is 1. The van der Waals surface area contributed by atoms with E-state index in [2.05, 4.69) is 24.3 Å². The number of aliphatic hydroxyl groups is 1. The van der Waals surface area contributed by atoms with Crippen LogP contribution in [0.15, 0.2) is 54.6 Å². The van der Waals surface area contributed by atoms with E-state index >= 15 is 0 Å². The Bertz CT molecular complexity index is 849. The van der Waals surface area contributed by atoms with Gasteiger partial charge in [0.2, 0.25) is 0 Å². The monoisotopic (exact) mass is 280 g/mol. The van der Waals surface area contributed by atoms with Gasteiger partial charge in [-0.1, -0.05) is 54.1 Å². The highest BCUT2D eigenvalue weighted by Gasteiger charge is 2.38. The Morgan fingerprint density at radius 3 is 2.60 bits per heavy atom. The summed E-state index contributed by atoms with van der Waals surface area (Å²) in [5.41, 5.74) is 3.03. The topological polar surface area (TPSA) is 20.2 Å². The second-order valence-electron chi connectivity index (χ2n) is 5.47. The molecule has 0 saturated heterocycles. The maximum absolute atomic E-state index is 11.0. The molecule has 4 rings (SSSR count). The molecule has 0 spiro atoms. The van der Waals surface area contributed by atoms with Gasteiger partial charge in [0.25, 0.3) is 0 Å². The van der Waals surface area contributed by atoms with Gasteiger partial charge in [-0.15, -0.1) is 0 Å². The number of hydrogen-bond acceptors (Lipinski definition) is 1. The molecule has 0 amide bonds. The summed E-state index contributed by atoms with van der Waals surface area (Å²) in [5, 5.41) is 14.0. The van der Waals surface area contributed by atoms with Crippen molar-refractivity contribution in [3.63, 3.8) is 0 Å². The van der Waals surface area contributed by atoms with Crippen LogP contribution in [-0.2, 0) is 5.60 Å². The van der Waals surface area contributed by atoms with E-state index in [0.29, 0.717) is 5.02 Å². The van der Waals surface area contributed by atoms with E-state index in [1.807, 2.05) is 37.3 Å². The Labute approximate surface area is 122 Å². The number of rotatable bonds is 0. The summed E-state index contributed by atoms with van der Waals surface area (Å²) in [6.07, 6.45) is 0. The van der Waals surface area contributed by atoms with Crippen LogP contribution in [0, 0.1) is 0 Å². The largest absolute Gasteiger partial charge is 0.381 e. The maximum atomic E-state index is 11.0. The average molecular weight is 281 g/mol. The molecule has 1 unspecified atom stereocenters. The highest BCUT2D eigenvalue weighted by Crippen LogP contribution is 2.50. The minimum absolute atomic E-state index is 0.695. The van der Waals surface area contributed by atoms with Crippen molar-refractivity contribution in [1.29, 1.82) is 0 Å². The summed E-state index contributed by atoms with van der Waals surface area (Å²) >= 11 is 6.12. The number of benzene rings is 3. The van der Waals surface area contributed by atoms with Crippen molar-refractivity contribution in [2.45, 2.75) is 12.5 Å². The minimum Gasteiger partial charge on any atom is -0.381 e. The molecule has 3 aromatic carbocycles. The van der Waals surface area contributed by atoms with Crippen molar-refractivity contribution < 1.29 is 5.11 Å². The second kappa shape index (κ2) is 3.85. The molecule has 3 aromatic rings. The molecule has 98 valence electrons. The van der Waals surface area contributed by atoms with Crippen LogP contribution in [0.2, 0.25) is 5.02 Å². The van der Waals surface area contributed by atoms with Crippen LogP contribution in [0.4, 0.5) is 0 Å². The molecule has 1 aliphatic carbocycles. The van der Waals surface area contributed by atoms with Crippen LogP contribution >= 0.6 is 11.6 Å². The fourth-order valence-electron chi connectivity index (χ4n) is 3.32. The lowest BCUT2D eigenvalue weighted by Crippen LogP contribution is -2.19. The third kappa shape index (κ3) is 1.42. The Morgan fingerprint density at radius 1 is 0.950 bits per heavy atom. The Hall–Kier alpha value is -1.83. The van der Waals surface area contributed by atoms with Gasteiger partial charge >= 0.3 is 0 Å². The molecule has 1 N–H and O–H groups in total. The van der Waals surface area contributed by atoms with E-state index in [1.54, 1.807) is 0 Å². The molecule has 1 aliphatic rings. The molecule has 2 heteroatoms. The van der Waals surface area contributed by atoms with Gasteiger partial charge in [-0.2, -0.15) is 0 Å². The maximum Gasteiger partial charge on any atom is 0.114 e. The fourth-order valence-corrected chi connectivity index (χ4v) is 3.49. The highest BCUT2D eigenvalue weighted by molar-refractivity contribution is 6.31. The Kier molecular flexibility index (Phi) is 2.30. The summed E-state index contributed by atoms with van der Waals surface area (Å²) in [5.74, 6) is 0. The third-order valence-electron chi connectivity index (χ3n) is 4.21. The molecule has 0 heterocycles. The van der Waals surface area contributed by atoms with Gasteiger partial charge in [0.1, 0.15) is 5.60 Å². The molecule has 0 aromatic heterocycles. The van der Waals surface area contributed by atoms with Gasteiger partial charge < -0.3 is 5.11 Å². The third-order valence-corrected chi connectivity index (χ3v) is 4.45. The summed E-state index contributed by atoms with van der Waals surface area (Å²) in [6, 6.07) is 18.0. The first-order valence-electron chi connectivity index (χ1n) is 6.64. The zero-order valence-corrected chi connectivity index (χ0v) is 11.8. The van der Waals surface area contributed by atoms with Crippen LogP contribution in [0.5, 0.6) is 0 Å². The first-order chi connectivity index (χ1) is 9.59. The quantitative estimate of drug-likeness (QED) is 0.631. The summed E-state index contributed by atoms with van der Waals surface area (Å²) in [6.45, 7) is 1.86. The van der Waals surface area contributed by atoms with E-state index in [1.165, 1.54) is 0 Å². The summed E-state index contributed by atoms with van der Waals surface area (Å²) in [7, 11) is 0. The molecule has 1 nitrogen and oxygen atoms in total. The normalized spacial score (nSPS) is 19.9. The van der Waals surface area contributed by atoms with Crippen molar-refractivity contribution in [2.24, 2.45) is 0 Å². The van der Waals surface area contributed by atoms with Crippen molar-refractivity contribution in [3.8, 4) is 11.1 Å². The molecule has 0 aliphatic heterocycles. The van der Waals surface area contributed by atoms with E-state index < -0.39 is 5.60 Å². The summed E-state index contributed by atoms with van der Waals surface area (Å²) in [4.78, 5) is 0. The van der Waals surface area contributed by atoms with Gasteiger partial charge in [0.05, 0.1) is 0 Å². The minimum atomic E-state index is -0.976. The van der Waals surface area contributed by atoms with Gasteiger partial charge in [0, 0.05) is 10.6 Å². The Balaban J connectivity index is 2.18. The van der Waals surface area contributed by atoms with Crippen molar-refractivity contribution in [2.75, 3.05) is 0 Å². The fraction of sp³-hybridized carbons (Fsp3) is 0.111.